The van der Waals surface area contributed by atoms with E-state index in [9.17, 15) is 8.42 Å². The third-order valence-corrected chi connectivity index (χ3v) is 5.36. The number of imidazole rings is 1. The summed E-state index contributed by atoms with van der Waals surface area (Å²) in [4.78, 5) is 4.63. The molecule has 4 aromatic rings. The number of hydrogen-bond acceptors (Lipinski definition) is 5. The third kappa shape index (κ3) is 3.18. The first kappa shape index (κ1) is 16.9. The van der Waals surface area contributed by atoms with E-state index in [1.54, 1.807) is 47.1 Å². The maximum atomic E-state index is 11.6. The van der Waals surface area contributed by atoms with E-state index in [4.69, 9.17) is 5.26 Å². The number of aromatic nitrogens is 3. The number of nitriles is 1. The second-order valence-electron chi connectivity index (χ2n) is 6.12. The molecule has 0 atom stereocenters. The van der Waals surface area contributed by atoms with Crippen LogP contribution in [0, 0.1) is 11.3 Å². The van der Waals surface area contributed by atoms with E-state index in [1.807, 2.05) is 24.3 Å². The zero-order chi connectivity index (χ0) is 19.0. The summed E-state index contributed by atoms with van der Waals surface area (Å²) in [6, 6.07) is 19.7. The Kier molecular flexibility index (Phi) is 3.98. The van der Waals surface area contributed by atoms with Gasteiger partial charge in [0.15, 0.2) is 15.5 Å². The van der Waals surface area contributed by atoms with Gasteiger partial charge in [-0.2, -0.15) is 10.4 Å². The van der Waals surface area contributed by atoms with Crippen LogP contribution in [0.3, 0.4) is 0 Å². The highest BCUT2D eigenvalue weighted by molar-refractivity contribution is 7.90. The molecular weight excluding hydrogens is 360 g/mol. The molecule has 0 aliphatic heterocycles. The van der Waals surface area contributed by atoms with Gasteiger partial charge in [-0.1, -0.05) is 24.3 Å². The van der Waals surface area contributed by atoms with Crippen LogP contribution >= 0.6 is 0 Å². The summed E-state index contributed by atoms with van der Waals surface area (Å²) in [7, 11) is -3.24. The van der Waals surface area contributed by atoms with Crippen LogP contribution < -0.4 is 0 Å². The van der Waals surface area contributed by atoms with Gasteiger partial charge in [-0.15, -0.1) is 0 Å². The Morgan fingerprint density at radius 1 is 1.00 bits per heavy atom. The number of fused-ring (bicyclic) bond motifs is 1. The van der Waals surface area contributed by atoms with Crippen LogP contribution in [-0.4, -0.2) is 29.3 Å². The van der Waals surface area contributed by atoms with Crippen molar-refractivity contribution in [2.45, 2.75) is 4.90 Å². The largest absolute Gasteiger partial charge is 0.235 e. The molecule has 6 nitrogen and oxygen atoms in total. The van der Waals surface area contributed by atoms with Gasteiger partial charge in [0, 0.05) is 17.4 Å². The van der Waals surface area contributed by atoms with Gasteiger partial charge in [-0.05, 0) is 36.4 Å². The lowest BCUT2D eigenvalue weighted by molar-refractivity contribution is 0.602. The van der Waals surface area contributed by atoms with Crippen molar-refractivity contribution in [3.05, 3.63) is 72.4 Å². The highest BCUT2D eigenvalue weighted by Gasteiger charge is 2.11. The molecule has 0 aliphatic carbocycles. The third-order valence-electron chi connectivity index (χ3n) is 4.23. The van der Waals surface area contributed by atoms with Crippen LogP contribution in [0.25, 0.3) is 28.2 Å². The fourth-order valence-electron chi connectivity index (χ4n) is 2.85. The minimum Gasteiger partial charge on any atom is -0.235 e. The van der Waals surface area contributed by atoms with E-state index in [0.717, 1.165) is 16.8 Å². The Labute approximate surface area is 156 Å². The summed E-state index contributed by atoms with van der Waals surface area (Å²) in [5.74, 6) is 0. The van der Waals surface area contributed by atoms with Crippen molar-refractivity contribution < 1.29 is 8.42 Å². The lowest BCUT2D eigenvalue weighted by atomic mass is 10.1. The van der Waals surface area contributed by atoms with Crippen molar-refractivity contribution in [2.75, 3.05) is 6.26 Å². The molecule has 0 aliphatic rings. The first-order valence-corrected chi connectivity index (χ1v) is 10.0. The van der Waals surface area contributed by atoms with Gasteiger partial charge in [0.2, 0.25) is 0 Å². The Bertz CT molecular complexity index is 1300. The number of nitrogens with zero attached hydrogens (tertiary/aromatic N) is 4. The minimum atomic E-state index is -3.24. The Hall–Kier alpha value is -3.50. The lowest BCUT2D eigenvalue weighted by Crippen LogP contribution is -1.98. The van der Waals surface area contributed by atoms with Gasteiger partial charge in [0.25, 0.3) is 0 Å². The Morgan fingerprint density at radius 2 is 1.78 bits per heavy atom. The molecule has 0 N–H and O–H groups in total. The van der Waals surface area contributed by atoms with Crippen molar-refractivity contribution in [3.8, 4) is 28.6 Å². The molecule has 0 bridgehead atoms. The first-order valence-electron chi connectivity index (χ1n) is 8.11. The first-order chi connectivity index (χ1) is 13.0. The number of sulfone groups is 1. The molecule has 132 valence electrons. The molecule has 2 aromatic carbocycles. The van der Waals surface area contributed by atoms with Crippen LogP contribution in [0.2, 0.25) is 0 Å². The summed E-state index contributed by atoms with van der Waals surface area (Å²) in [5.41, 5.74) is 4.36. The van der Waals surface area contributed by atoms with Gasteiger partial charge in [-0.25, -0.2) is 17.9 Å². The van der Waals surface area contributed by atoms with E-state index in [2.05, 4.69) is 16.2 Å². The van der Waals surface area contributed by atoms with Crippen LogP contribution in [0.15, 0.2) is 71.8 Å². The maximum Gasteiger partial charge on any atom is 0.175 e. The lowest BCUT2D eigenvalue weighted by Gasteiger charge is -2.06. The molecule has 0 spiro atoms. The second kappa shape index (κ2) is 6.34. The van der Waals surface area contributed by atoms with Gasteiger partial charge in [0.1, 0.15) is 0 Å². The molecule has 27 heavy (non-hydrogen) atoms. The molecule has 0 unspecified atom stereocenters. The van der Waals surface area contributed by atoms with Crippen molar-refractivity contribution in [2.24, 2.45) is 0 Å². The quantitative estimate of drug-likeness (QED) is 0.549. The monoisotopic (exact) mass is 374 g/mol. The van der Waals surface area contributed by atoms with E-state index < -0.39 is 9.84 Å². The summed E-state index contributed by atoms with van der Waals surface area (Å²) in [6.07, 6.45) is 2.88. The van der Waals surface area contributed by atoms with Crippen LogP contribution in [0.4, 0.5) is 0 Å². The highest BCUT2D eigenvalue weighted by Crippen LogP contribution is 2.24. The molecular formula is C20H14N4O2S. The summed E-state index contributed by atoms with van der Waals surface area (Å²) >= 11 is 0. The van der Waals surface area contributed by atoms with Crippen molar-refractivity contribution in [1.29, 1.82) is 5.26 Å². The molecule has 0 radical (unpaired) electrons. The van der Waals surface area contributed by atoms with Crippen molar-refractivity contribution in [3.63, 3.8) is 0 Å². The standard InChI is InChI=1S/C20H14N4O2S/c1-27(25,26)17-7-5-15(6-8-17)19-13-22-20-10-9-18(23-24(19)20)16-4-2-3-14(11-16)12-21/h2-11,13H,1H3. The molecule has 2 aromatic heterocycles. The molecule has 0 fully saturated rings. The van der Waals surface area contributed by atoms with E-state index in [1.165, 1.54) is 6.26 Å². The average Bonchev–Trinajstić information content (AvgIpc) is 3.10. The van der Waals surface area contributed by atoms with E-state index in [0.29, 0.717) is 16.9 Å². The number of hydrogen-bond donors (Lipinski definition) is 0. The smallest absolute Gasteiger partial charge is 0.175 e. The summed E-state index contributed by atoms with van der Waals surface area (Å²) in [6.45, 7) is 0. The SMILES string of the molecule is CS(=O)(=O)c1ccc(-c2cnc3ccc(-c4cccc(C#N)c4)nn23)cc1. The van der Waals surface area contributed by atoms with Gasteiger partial charge >= 0.3 is 0 Å². The van der Waals surface area contributed by atoms with Gasteiger partial charge in [0.05, 0.1) is 34.1 Å². The molecule has 2 heterocycles. The molecule has 7 heteroatoms. The molecule has 0 amide bonds. The fraction of sp³-hybridized carbons (Fsp3) is 0.0500. The van der Waals surface area contributed by atoms with Crippen LogP contribution in [0.5, 0.6) is 0 Å². The molecule has 4 rings (SSSR count). The van der Waals surface area contributed by atoms with Gasteiger partial charge < -0.3 is 0 Å². The van der Waals surface area contributed by atoms with Crippen LogP contribution in [-0.2, 0) is 9.84 Å². The maximum absolute atomic E-state index is 11.6. The zero-order valence-electron chi connectivity index (χ0n) is 14.4. The predicted molar refractivity (Wildman–Crippen MR) is 102 cm³/mol. The fourth-order valence-corrected chi connectivity index (χ4v) is 3.48. The average molecular weight is 374 g/mol. The predicted octanol–water partition coefficient (Wildman–Crippen LogP) is 3.34. The zero-order valence-corrected chi connectivity index (χ0v) is 15.2. The van der Waals surface area contributed by atoms with Crippen molar-refractivity contribution >= 4 is 15.5 Å². The molecule has 0 saturated carbocycles. The van der Waals surface area contributed by atoms with Gasteiger partial charge in [-0.3, -0.25) is 0 Å². The topological polar surface area (TPSA) is 88.1 Å². The summed E-state index contributed by atoms with van der Waals surface area (Å²) in [5, 5.41) is 13.7. The second-order valence-corrected chi connectivity index (χ2v) is 8.14. The summed E-state index contributed by atoms with van der Waals surface area (Å²) < 4.78 is 25.0. The highest BCUT2D eigenvalue weighted by atomic mass is 32.2. The number of benzene rings is 2. The Balaban J connectivity index is 1.82. The van der Waals surface area contributed by atoms with E-state index in [-0.39, 0.29) is 4.90 Å². The van der Waals surface area contributed by atoms with Crippen LogP contribution in [0.1, 0.15) is 5.56 Å². The van der Waals surface area contributed by atoms with Crippen molar-refractivity contribution in [1.82, 2.24) is 14.6 Å². The minimum absolute atomic E-state index is 0.266. The normalized spacial score (nSPS) is 11.4. The molecule has 0 saturated heterocycles. The number of rotatable bonds is 3. The van der Waals surface area contributed by atoms with E-state index >= 15 is 0 Å². The Morgan fingerprint density at radius 3 is 2.48 bits per heavy atom.